The smallest absolute Gasteiger partial charge is 0.686 e. The van der Waals surface area contributed by atoms with Gasteiger partial charge in [0.05, 0.1) is 0 Å². The van der Waals surface area contributed by atoms with Gasteiger partial charge < -0.3 is 16.6 Å². The van der Waals surface area contributed by atoms with E-state index in [1.807, 2.05) is 66.7 Å². The van der Waals surface area contributed by atoms with Gasteiger partial charge in [-0.05, 0) is 0 Å². The second-order valence-electron chi connectivity index (χ2n) is 7.55. The van der Waals surface area contributed by atoms with Crippen molar-refractivity contribution in [2.24, 2.45) is 11.8 Å². The molecule has 0 N–H and O–H groups in total. The van der Waals surface area contributed by atoms with Crippen molar-refractivity contribution in [3.63, 3.8) is 0 Å². The first-order valence-corrected chi connectivity index (χ1v) is 10.4. The van der Waals surface area contributed by atoms with Crippen LogP contribution in [-0.4, -0.2) is 13.1 Å². The van der Waals surface area contributed by atoms with Crippen molar-refractivity contribution >= 4 is 11.4 Å². The Morgan fingerprint density at radius 2 is 1.07 bits per heavy atom. The zero-order valence-corrected chi connectivity index (χ0v) is 20.2. The second-order valence-corrected chi connectivity index (χ2v) is 7.55. The molecule has 3 heteroatoms. The van der Waals surface area contributed by atoms with Gasteiger partial charge in [-0.2, -0.15) is 56.5 Å². The maximum absolute atomic E-state index is 4.74. The van der Waals surface area contributed by atoms with Crippen LogP contribution in [0.4, 0.5) is 11.4 Å². The average molecular weight is 474 g/mol. The van der Waals surface area contributed by atoms with Gasteiger partial charge in [0.1, 0.15) is 0 Å². The SMILES string of the molecule is C[C-]1C(C[N-]c2ccccc2)CCC1C[N-]c1ccccc1.[CH2-]c1ccccc1.[Zr+4]. The molecule has 2 unspecified atom stereocenters. The van der Waals surface area contributed by atoms with Crippen LogP contribution < -0.4 is 0 Å². The van der Waals surface area contributed by atoms with Gasteiger partial charge in [0.25, 0.3) is 0 Å². The van der Waals surface area contributed by atoms with E-state index >= 15 is 0 Å². The van der Waals surface area contributed by atoms with Gasteiger partial charge in [0.2, 0.25) is 0 Å². The zero-order valence-electron chi connectivity index (χ0n) is 17.7. The predicted octanol–water partition coefficient (Wildman–Crippen LogP) is 7.88. The van der Waals surface area contributed by atoms with Gasteiger partial charge in [-0.25, -0.2) is 0 Å². The third-order valence-corrected chi connectivity index (χ3v) is 5.50. The van der Waals surface area contributed by atoms with Crippen molar-refractivity contribution in [3.8, 4) is 0 Å². The molecule has 0 amide bonds. The summed E-state index contributed by atoms with van der Waals surface area (Å²) in [5.74, 6) is 2.83. The van der Waals surface area contributed by atoms with E-state index in [1.54, 1.807) is 5.92 Å². The Kier molecular flexibility index (Phi) is 10.8. The first kappa shape index (κ1) is 24.3. The Balaban J connectivity index is 0.000000341. The quantitative estimate of drug-likeness (QED) is 0.326. The molecule has 1 aliphatic rings. The van der Waals surface area contributed by atoms with Crippen LogP contribution in [0.2, 0.25) is 0 Å². The largest absolute Gasteiger partial charge is 4.00 e. The van der Waals surface area contributed by atoms with Gasteiger partial charge in [0, 0.05) is 0 Å². The molecule has 1 fully saturated rings. The summed E-state index contributed by atoms with van der Waals surface area (Å²) in [6.45, 7) is 7.84. The number of hydrogen-bond donors (Lipinski definition) is 0. The maximum atomic E-state index is 4.74. The molecule has 2 atom stereocenters. The molecule has 0 spiro atoms. The van der Waals surface area contributed by atoms with E-state index in [0.717, 1.165) is 30.0 Å². The average Bonchev–Trinajstić information content (AvgIpc) is 3.13. The van der Waals surface area contributed by atoms with Crippen LogP contribution in [0, 0.1) is 24.7 Å². The number of para-hydroxylation sites is 2. The summed E-state index contributed by atoms with van der Waals surface area (Å²) in [6, 6.07) is 30.4. The topological polar surface area (TPSA) is 28.2 Å². The molecule has 4 rings (SSSR count). The molecule has 0 bridgehead atoms. The maximum Gasteiger partial charge on any atom is 4.00 e. The van der Waals surface area contributed by atoms with Crippen molar-refractivity contribution in [2.45, 2.75) is 19.8 Å². The van der Waals surface area contributed by atoms with Crippen molar-refractivity contribution in [3.05, 3.63) is 120 Å². The Hall–Kier alpha value is -1.99. The van der Waals surface area contributed by atoms with Gasteiger partial charge in [-0.1, -0.05) is 79.6 Å². The van der Waals surface area contributed by atoms with Gasteiger partial charge in [-0.3, -0.25) is 0 Å². The van der Waals surface area contributed by atoms with Gasteiger partial charge >= 0.3 is 26.2 Å². The molecule has 1 aliphatic carbocycles. The summed E-state index contributed by atoms with van der Waals surface area (Å²) in [6.07, 6.45) is 2.49. The van der Waals surface area contributed by atoms with Crippen LogP contribution in [-0.2, 0) is 26.2 Å². The minimum atomic E-state index is 0. The predicted molar refractivity (Wildman–Crippen MR) is 125 cm³/mol. The van der Waals surface area contributed by atoms with E-state index in [1.165, 1.54) is 12.8 Å². The fourth-order valence-corrected chi connectivity index (χ4v) is 3.64. The van der Waals surface area contributed by atoms with Crippen LogP contribution in [0.15, 0.2) is 91.0 Å². The molecule has 0 aromatic heterocycles. The molecule has 3 aromatic rings. The van der Waals surface area contributed by atoms with Crippen molar-refractivity contribution in [1.82, 2.24) is 0 Å². The van der Waals surface area contributed by atoms with E-state index in [-0.39, 0.29) is 26.2 Å². The number of hydrogen-bond acceptors (Lipinski definition) is 0. The molecule has 152 valence electrons. The molecule has 0 aliphatic heterocycles. The van der Waals surface area contributed by atoms with Crippen molar-refractivity contribution in [2.75, 3.05) is 13.1 Å². The molecule has 0 heterocycles. The zero-order chi connectivity index (χ0) is 20.3. The van der Waals surface area contributed by atoms with E-state index in [4.69, 9.17) is 10.6 Å². The van der Waals surface area contributed by atoms with Gasteiger partial charge in [0.15, 0.2) is 0 Å². The van der Waals surface area contributed by atoms with Crippen LogP contribution in [0.25, 0.3) is 10.6 Å². The van der Waals surface area contributed by atoms with Crippen LogP contribution >= 0.6 is 0 Å². The first-order valence-electron chi connectivity index (χ1n) is 10.4. The Bertz CT molecular complexity index is 757. The van der Waals surface area contributed by atoms with Crippen LogP contribution in [0.3, 0.4) is 0 Å². The summed E-state index contributed by atoms with van der Waals surface area (Å²) in [4.78, 5) is 0. The summed E-state index contributed by atoms with van der Waals surface area (Å²) in [5, 5.41) is 9.48. The molecule has 0 radical (unpaired) electrons. The number of rotatable bonds is 6. The molecule has 2 nitrogen and oxygen atoms in total. The van der Waals surface area contributed by atoms with E-state index in [9.17, 15) is 0 Å². The molecule has 3 aromatic carbocycles. The van der Waals surface area contributed by atoms with E-state index in [0.29, 0.717) is 11.8 Å². The summed E-state index contributed by atoms with van der Waals surface area (Å²) >= 11 is 0. The monoisotopic (exact) mass is 472 g/mol. The third kappa shape index (κ3) is 8.03. The van der Waals surface area contributed by atoms with Crippen LogP contribution in [0.5, 0.6) is 0 Å². The standard InChI is InChI=1S/C20H23N2.C7H7.Zr/c1-16-17(14-21-19-8-4-2-5-9-19)12-13-18(16)15-22-20-10-6-3-7-11-20;1-7-5-3-2-4-6-7;/h2-11,17-18H,12-15H2,1H3;2-6H,1H2;/q-3;-1;+4. The molecule has 30 heavy (non-hydrogen) atoms. The normalized spacial score (nSPS) is 17.9. The second kappa shape index (κ2) is 13.3. The molecular weight excluding hydrogens is 444 g/mol. The molecular formula is C27H30N2Zr. The van der Waals surface area contributed by atoms with Crippen molar-refractivity contribution in [1.29, 1.82) is 0 Å². The third-order valence-electron chi connectivity index (χ3n) is 5.50. The Morgan fingerprint density at radius 3 is 1.40 bits per heavy atom. The van der Waals surface area contributed by atoms with Crippen LogP contribution in [0.1, 0.15) is 25.3 Å². The fourth-order valence-electron chi connectivity index (χ4n) is 3.64. The first-order chi connectivity index (χ1) is 14.2. The number of nitrogens with zero attached hydrogens (tertiary/aromatic N) is 2. The van der Waals surface area contributed by atoms with Crippen molar-refractivity contribution < 1.29 is 26.2 Å². The fraction of sp³-hybridized carbons (Fsp3) is 0.259. The van der Waals surface area contributed by atoms with Gasteiger partial charge in [-0.15, -0.1) is 23.5 Å². The summed E-state index contributed by atoms with van der Waals surface area (Å²) in [7, 11) is 0. The summed E-state index contributed by atoms with van der Waals surface area (Å²) < 4.78 is 0. The number of benzene rings is 3. The Labute approximate surface area is 201 Å². The van der Waals surface area contributed by atoms with E-state index in [2.05, 4.69) is 38.1 Å². The van der Waals surface area contributed by atoms with E-state index < -0.39 is 0 Å². The molecule has 1 saturated carbocycles. The minimum Gasteiger partial charge on any atom is -0.686 e. The summed E-state index contributed by atoms with van der Waals surface area (Å²) in [5.41, 5.74) is 3.25. The minimum absolute atomic E-state index is 0. The Morgan fingerprint density at radius 1 is 0.700 bits per heavy atom. The molecule has 0 saturated heterocycles.